The van der Waals surface area contributed by atoms with Gasteiger partial charge in [0.2, 0.25) is 0 Å². The molecule has 1 aromatic rings. The van der Waals surface area contributed by atoms with E-state index in [1.807, 2.05) is 31.2 Å². The van der Waals surface area contributed by atoms with Crippen LogP contribution in [-0.4, -0.2) is 11.6 Å². The molecule has 0 aliphatic heterocycles. The van der Waals surface area contributed by atoms with E-state index in [0.29, 0.717) is 5.92 Å². The molecule has 21 heavy (non-hydrogen) atoms. The van der Waals surface area contributed by atoms with Crippen molar-refractivity contribution in [1.82, 2.24) is 5.32 Å². The molecule has 2 amide bonds. The lowest BCUT2D eigenvalue weighted by Gasteiger charge is -2.35. The van der Waals surface area contributed by atoms with Gasteiger partial charge in [0, 0.05) is 5.69 Å². The Balaban J connectivity index is 1.96. The molecule has 2 N–H and O–H groups in total. The Kier molecular flexibility index (Phi) is 4.85. The number of rotatable bonds is 3. The predicted molar refractivity (Wildman–Crippen MR) is 83.9 cm³/mol. The molecule has 0 aromatic heterocycles. The Morgan fingerprint density at radius 2 is 2.14 bits per heavy atom. The van der Waals surface area contributed by atoms with E-state index >= 15 is 0 Å². The van der Waals surface area contributed by atoms with E-state index in [1.165, 1.54) is 0 Å². The third kappa shape index (κ3) is 3.98. The number of anilines is 1. The third-order valence-corrected chi connectivity index (χ3v) is 4.38. The van der Waals surface area contributed by atoms with E-state index in [-0.39, 0.29) is 6.03 Å². The van der Waals surface area contributed by atoms with Crippen LogP contribution in [0.2, 0.25) is 0 Å². The minimum absolute atomic E-state index is 0.294. The molecule has 1 aromatic carbocycles. The van der Waals surface area contributed by atoms with Crippen molar-refractivity contribution < 1.29 is 4.79 Å². The number of urea groups is 1. The average molecular weight is 285 g/mol. The standard InChI is InChI=1S/C17H23N3O/c1-3-14-7-9-17(12-18,10-8-14)20-16(21)19-15-6-4-5-13(2)11-15/h4-6,11,14H,3,7-10H2,1-2H3,(H2,19,20,21). The summed E-state index contributed by atoms with van der Waals surface area (Å²) in [6, 6.07) is 9.66. The monoisotopic (exact) mass is 285 g/mol. The summed E-state index contributed by atoms with van der Waals surface area (Å²) in [6.45, 7) is 4.16. The van der Waals surface area contributed by atoms with Gasteiger partial charge >= 0.3 is 6.03 Å². The maximum absolute atomic E-state index is 12.1. The highest BCUT2D eigenvalue weighted by Gasteiger charge is 2.36. The second kappa shape index (κ2) is 6.62. The molecule has 1 saturated carbocycles. The fourth-order valence-electron chi connectivity index (χ4n) is 2.95. The van der Waals surface area contributed by atoms with Crippen LogP contribution in [0.15, 0.2) is 24.3 Å². The Morgan fingerprint density at radius 1 is 1.43 bits per heavy atom. The molecule has 0 spiro atoms. The van der Waals surface area contributed by atoms with E-state index < -0.39 is 5.54 Å². The normalized spacial score (nSPS) is 24.9. The Labute approximate surface area is 126 Å². The fraction of sp³-hybridized carbons (Fsp3) is 0.529. The van der Waals surface area contributed by atoms with Gasteiger partial charge in [-0.3, -0.25) is 0 Å². The van der Waals surface area contributed by atoms with Crippen molar-refractivity contribution in [1.29, 1.82) is 5.26 Å². The summed E-state index contributed by atoms with van der Waals surface area (Å²) >= 11 is 0. The van der Waals surface area contributed by atoms with Gasteiger partial charge in [-0.1, -0.05) is 25.5 Å². The highest BCUT2D eigenvalue weighted by atomic mass is 16.2. The molecule has 1 aliphatic rings. The van der Waals surface area contributed by atoms with Crippen LogP contribution >= 0.6 is 0 Å². The number of carbonyl (C=O) groups is 1. The second-order valence-corrected chi connectivity index (χ2v) is 5.99. The van der Waals surface area contributed by atoms with Gasteiger partial charge in [0.25, 0.3) is 0 Å². The summed E-state index contributed by atoms with van der Waals surface area (Å²) in [5.41, 5.74) is 1.13. The Bertz CT molecular complexity index is 539. The van der Waals surface area contributed by atoms with Gasteiger partial charge in [0.1, 0.15) is 5.54 Å². The number of amides is 2. The van der Waals surface area contributed by atoms with Crippen LogP contribution in [0.5, 0.6) is 0 Å². The molecule has 112 valence electrons. The van der Waals surface area contributed by atoms with Gasteiger partial charge < -0.3 is 10.6 Å². The van der Waals surface area contributed by atoms with E-state index in [9.17, 15) is 10.1 Å². The van der Waals surface area contributed by atoms with Crippen LogP contribution < -0.4 is 10.6 Å². The van der Waals surface area contributed by atoms with Crippen molar-refractivity contribution in [3.63, 3.8) is 0 Å². The zero-order valence-corrected chi connectivity index (χ0v) is 12.8. The molecule has 0 bridgehead atoms. The van der Waals surface area contributed by atoms with Crippen LogP contribution in [0.3, 0.4) is 0 Å². The number of hydrogen-bond acceptors (Lipinski definition) is 2. The van der Waals surface area contributed by atoms with Crippen molar-refractivity contribution in [2.75, 3.05) is 5.32 Å². The van der Waals surface area contributed by atoms with Crippen molar-refractivity contribution in [3.05, 3.63) is 29.8 Å². The number of nitriles is 1. The van der Waals surface area contributed by atoms with Crippen molar-refractivity contribution in [2.24, 2.45) is 5.92 Å². The van der Waals surface area contributed by atoms with Crippen LogP contribution in [-0.2, 0) is 0 Å². The zero-order valence-electron chi connectivity index (χ0n) is 12.8. The number of nitrogens with zero attached hydrogens (tertiary/aromatic N) is 1. The third-order valence-electron chi connectivity index (χ3n) is 4.38. The van der Waals surface area contributed by atoms with Gasteiger partial charge in [-0.2, -0.15) is 5.26 Å². The lowest BCUT2D eigenvalue weighted by molar-refractivity contribution is 0.216. The molecule has 4 nitrogen and oxygen atoms in total. The van der Waals surface area contributed by atoms with E-state index in [1.54, 1.807) is 0 Å². The van der Waals surface area contributed by atoms with Crippen molar-refractivity contribution >= 4 is 11.7 Å². The molecular formula is C17H23N3O. The first-order valence-corrected chi connectivity index (χ1v) is 7.64. The molecule has 0 atom stereocenters. The summed E-state index contributed by atoms with van der Waals surface area (Å²) < 4.78 is 0. The summed E-state index contributed by atoms with van der Waals surface area (Å²) in [6.07, 6.45) is 4.65. The Hall–Kier alpha value is -2.02. The molecule has 0 radical (unpaired) electrons. The lowest BCUT2D eigenvalue weighted by Crippen LogP contribution is -2.51. The first-order valence-electron chi connectivity index (χ1n) is 7.64. The Morgan fingerprint density at radius 3 is 2.71 bits per heavy atom. The van der Waals surface area contributed by atoms with Gasteiger partial charge in [-0.15, -0.1) is 0 Å². The van der Waals surface area contributed by atoms with E-state index in [2.05, 4.69) is 23.6 Å². The number of hydrogen-bond donors (Lipinski definition) is 2. The smallest absolute Gasteiger partial charge is 0.319 e. The van der Waals surface area contributed by atoms with Crippen molar-refractivity contribution in [3.8, 4) is 6.07 Å². The molecule has 2 rings (SSSR count). The highest BCUT2D eigenvalue weighted by Crippen LogP contribution is 2.33. The van der Waals surface area contributed by atoms with E-state index in [0.717, 1.165) is 43.4 Å². The minimum atomic E-state index is -0.709. The fourth-order valence-corrected chi connectivity index (χ4v) is 2.95. The predicted octanol–water partition coefficient (Wildman–Crippen LogP) is 3.98. The maximum atomic E-state index is 12.1. The topological polar surface area (TPSA) is 64.9 Å². The molecule has 4 heteroatoms. The molecule has 0 saturated heterocycles. The number of benzene rings is 1. The van der Waals surface area contributed by atoms with Gasteiger partial charge in [0.15, 0.2) is 0 Å². The van der Waals surface area contributed by atoms with E-state index in [4.69, 9.17) is 0 Å². The van der Waals surface area contributed by atoms with Crippen LogP contribution in [0.1, 0.15) is 44.6 Å². The van der Waals surface area contributed by atoms with Crippen LogP contribution in [0.25, 0.3) is 0 Å². The van der Waals surface area contributed by atoms with Crippen molar-refractivity contribution in [2.45, 2.75) is 51.5 Å². The molecule has 0 heterocycles. The van der Waals surface area contributed by atoms with Gasteiger partial charge in [0.05, 0.1) is 6.07 Å². The van der Waals surface area contributed by atoms with Gasteiger partial charge in [-0.05, 0) is 56.2 Å². The second-order valence-electron chi connectivity index (χ2n) is 5.99. The van der Waals surface area contributed by atoms with Gasteiger partial charge in [-0.25, -0.2) is 4.79 Å². The SMILES string of the molecule is CCC1CCC(C#N)(NC(=O)Nc2cccc(C)c2)CC1. The molecule has 1 fully saturated rings. The van der Waals surface area contributed by atoms with Crippen LogP contribution in [0.4, 0.5) is 10.5 Å². The molecular weight excluding hydrogens is 262 g/mol. The first kappa shape index (κ1) is 15.4. The summed E-state index contributed by atoms with van der Waals surface area (Å²) in [7, 11) is 0. The summed E-state index contributed by atoms with van der Waals surface area (Å²) in [5.74, 6) is 0.688. The quantitative estimate of drug-likeness (QED) is 0.882. The lowest BCUT2D eigenvalue weighted by atomic mass is 9.76. The summed E-state index contributed by atoms with van der Waals surface area (Å²) in [4.78, 5) is 12.1. The molecule has 1 aliphatic carbocycles. The number of carbonyl (C=O) groups excluding carboxylic acids is 1. The average Bonchev–Trinajstić information content (AvgIpc) is 2.48. The number of nitrogens with one attached hydrogen (secondary N) is 2. The number of aryl methyl sites for hydroxylation is 1. The first-order chi connectivity index (χ1) is 10.1. The zero-order chi connectivity index (χ0) is 15.3. The summed E-state index contributed by atoms with van der Waals surface area (Å²) in [5, 5.41) is 15.2. The molecule has 0 unspecified atom stereocenters. The minimum Gasteiger partial charge on any atom is -0.319 e. The maximum Gasteiger partial charge on any atom is 0.320 e. The largest absolute Gasteiger partial charge is 0.320 e. The highest BCUT2D eigenvalue weighted by molar-refractivity contribution is 5.90. The van der Waals surface area contributed by atoms with Crippen LogP contribution in [0, 0.1) is 24.2 Å².